The summed E-state index contributed by atoms with van der Waals surface area (Å²) in [6, 6.07) is 5.25. The van der Waals surface area contributed by atoms with Gasteiger partial charge in [0.1, 0.15) is 0 Å². The molecule has 0 saturated carbocycles. The Morgan fingerprint density at radius 2 is 1.92 bits per heavy atom. The number of aryl methyl sites for hydroxylation is 2. The van der Waals surface area contributed by atoms with E-state index >= 15 is 0 Å². The largest absolute Gasteiger partial charge is 0.351 e. The Balaban J connectivity index is 2.13. The van der Waals surface area contributed by atoms with Crippen LogP contribution in [0.1, 0.15) is 36.8 Å². The summed E-state index contributed by atoms with van der Waals surface area (Å²) in [6.07, 6.45) is 3.00. The predicted molar refractivity (Wildman–Crippen MR) is 99.1 cm³/mol. The summed E-state index contributed by atoms with van der Waals surface area (Å²) in [5.41, 5.74) is 1.63. The summed E-state index contributed by atoms with van der Waals surface area (Å²) >= 11 is 0. The van der Waals surface area contributed by atoms with E-state index in [0.29, 0.717) is 17.9 Å². The monoisotopic (exact) mass is 381 g/mol. The lowest BCUT2D eigenvalue weighted by Gasteiger charge is -2.35. The van der Waals surface area contributed by atoms with E-state index in [0.717, 1.165) is 30.4 Å². The first-order valence-corrected chi connectivity index (χ1v) is 10.3. The van der Waals surface area contributed by atoms with Crippen LogP contribution >= 0.6 is 0 Å². The number of carbonyl (C=O) groups is 2. The molecule has 0 bridgehead atoms. The van der Waals surface area contributed by atoms with Gasteiger partial charge in [0.25, 0.3) is 0 Å². The van der Waals surface area contributed by atoms with E-state index in [1.165, 1.54) is 7.05 Å². The minimum absolute atomic E-state index is 0.182. The van der Waals surface area contributed by atoms with Gasteiger partial charge in [-0.1, -0.05) is 18.6 Å². The topological polar surface area (TPSA) is 95.6 Å². The third-order valence-corrected chi connectivity index (χ3v) is 6.79. The Morgan fingerprint density at radius 3 is 2.62 bits per heavy atom. The number of carbonyl (C=O) groups excluding carboxylic acids is 2. The highest BCUT2D eigenvalue weighted by molar-refractivity contribution is 7.89. The highest BCUT2D eigenvalue weighted by atomic mass is 32.2. The lowest BCUT2D eigenvalue weighted by atomic mass is 10.0. The van der Waals surface area contributed by atoms with E-state index in [-0.39, 0.29) is 12.6 Å². The molecule has 1 aromatic rings. The second-order valence-electron chi connectivity index (χ2n) is 6.66. The molecule has 2 rings (SSSR count). The van der Waals surface area contributed by atoms with Crippen molar-refractivity contribution in [3.8, 4) is 0 Å². The number of hydrogen-bond acceptors (Lipinski definition) is 4. The molecule has 26 heavy (non-hydrogen) atoms. The van der Waals surface area contributed by atoms with Crippen LogP contribution in [0.2, 0.25) is 0 Å². The van der Waals surface area contributed by atoms with E-state index in [2.05, 4.69) is 10.6 Å². The molecule has 1 fully saturated rings. The van der Waals surface area contributed by atoms with Crippen molar-refractivity contribution in [1.82, 2.24) is 14.9 Å². The van der Waals surface area contributed by atoms with Crippen LogP contribution in [0.5, 0.6) is 0 Å². The smallest absolute Gasteiger partial charge is 0.309 e. The molecule has 7 nitrogen and oxygen atoms in total. The molecule has 0 unspecified atom stereocenters. The maximum atomic E-state index is 13.2. The Labute approximate surface area is 155 Å². The summed E-state index contributed by atoms with van der Waals surface area (Å²) in [7, 11) is -2.20. The molecule has 1 aromatic carbocycles. The molecule has 1 aliphatic rings. The number of amides is 2. The van der Waals surface area contributed by atoms with E-state index in [4.69, 9.17) is 0 Å². The highest BCUT2D eigenvalue weighted by Gasteiger charge is 2.34. The van der Waals surface area contributed by atoms with Crippen molar-refractivity contribution in [2.24, 2.45) is 0 Å². The van der Waals surface area contributed by atoms with Gasteiger partial charge in [-0.2, -0.15) is 4.31 Å². The molecule has 0 aromatic heterocycles. The molecule has 2 amide bonds. The SMILES string of the molecule is CNC(=O)C(=O)NCC[C@H]1CCCCN1S(=O)(=O)c1cc(C)ccc1C. The molecule has 8 heteroatoms. The fraction of sp³-hybridized carbons (Fsp3) is 0.556. The van der Waals surface area contributed by atoms with Crippen molar-refractivity contribution in [1.29, 1.82) is 0 Å². The lowest BCUT2D eigenvalue weighted by Crippen LogP contribution is -2.46. The van der Waals surface area contributed by atoms with Crippen LogP contribution in [-0.4, -0.2) is 50.7 Å². The summed E-state index contributed by atoms with van der Waals surface area (Å²) in [4.78, 5) is 23.1. The molecule has 0 radical (unpaired) electrons. The minimum atomic E-state index is -3.59. The van der Waals surface area contributed by atoms with E-state index in [9.17, 15) is 18.0 Å². The number of benzene rings is 1. The van der Waals surface area contributed by atoms with Crippen LogP contribution < -0.4 is 10.6 Å². The molecule has 1 saturated heterocycles. The summed E-state index contributed by atoms with van der Waals surface area (Å²) in [5, 5.41) is 4.80. The van der Waals surface area contributed by atoms with Gasteiger partial charge in [0.15, 0.2) is 0 Å². The van der Waals surface area contributed by atoms with E-state index in [1.54, 1.807) is 17.3 Å². The second kappa shape index (κ2) is 8.64. The van der Waals surface area contributed by atoms with Crippen molar-refractivity contribution in [3.05, 3.63) is 29.3 Å². The van der Waals surface area contributed by atoms with E-state index < -0.39 is 21.8 Å². The van der Waals surface area contributed by atoms with Crippen LogP contribution in [-0.2, 0) is 19.6 Å². The third-order valence-electron chi connectivity index (χ3n) is 4.70. The molecule has 0 aliphatic carbocycles. The van der Waals surface area contributed by atoms with Crippen molar-refractivity contribution in [2.75, 3.05) is 20.1 Å². The predicted octanol–water partition coefficient (Wildman–Crippen LogP) is 1.10. The minimum Gasteiger partial charge on any atom is -0.351 e. The molecule has 1 aliphatic heterocycles. The Kier molecular flexibility index (Phi) is 6.77. The highest BCUT2D eigenvalue weighted by Crippen LogP contribution is 2.29. The normalized spacial score (nSPS) is 18.3. The van der Waals surface area contributed by atoms with Crippen LogP contribution in [0.4, 0.5) is 0 Å². The van der Waals surface area contributed by atoms with Gasteiger partial charge < -0.3 is 10.6 Å². The number of piperidine rings is 1. The average Bonchev–Trinajstić information content (AvgIpc) is 2.63. The fourth-order valence-corrected chi connectivity index (χ4v) is 5.27. The molecule has 144 valence electrons. The first kappa shape index (κ1) is 20.4. The average molecular weight is 381 g/mol. The number of rotatable bonds is 5. The zero-order valence-electron chi connectivity index (χ0n) is 15.5. The van der Waals surface area contributed by atoms with Gasteiger partial charge in [-0.05, 0) is 50.3 Å². The van der Waals surface area contributed by atoms with Crippen molar-refractivity contribution in [2.45, 2.75) is 50.5 Å². The van der Waals surface area contributed by atoms with Crippen molar-refractivity contribution < 1.29 is 18.0 Å². The summed E-state index contributed by atoms with van der Waals surface area (Å²) < 4.78 is 28.0. The first-order chi connectivity index (χ1) is 12.3. The van der Waals surface area contributed by atoms with E-state index in [1.807, 2.05) is 19.1 Å². The maximum absolute atomic E-state index is 13.2. The van der Waals surface area contributed by atoms with Gasteiger partial charge in [-0.15, -0.1) is 0 Å². The molecule has 2 N–H and O–H groups in total. The van der Waals surface area contributed by atoms with Crippen LogP contribution in [0.3, 0.4) is 0 Å². The third kappa shape index (κ3) is 4.62. The number of nitrogens with zero attached hydrogens (tertiary/aromatic N) is 1. The Morgan fingerprint density at radius 1 is 1.19 bits per heavy atom. The maximum Gasteiger partial charge on any atom is 0.309 e. The van der Waals surface area contributed by atoms with Gasteiger partial charge >= 0.3 is 11.8 Å². The molecular formula is C18H27N3O4S. The number of sulfonamides is 1. The number of likely N-dealkylation sites (N-methyl/N-ethyl adjacent to an activating group) is 1. The van der Waals surface area contributed by atoms with Crippen LogP contribution in [0, 0.1) is 13.8 Å². The van der Waals surface area contributed by atoms with Gasteiger partial charge in [0.2, 0.25) is 10.0 Å². The number of nitrogens with one attached hydrogen (secondary N) is 2. The van der Waals surface area contributed by atoms with Gasteiger partial charge in [-0.3, -0.25) is 9.59 Å². The fourth-order valence-electron chi connectivity index (χ4n) is 3.24. The molecular weight excluding hydrogens is 354 g/mol. The van der Waals surface area contributed by atoms with Crippen LogP contribution in [0.25, 0.3) is 0 Å². The van der Waals surface area contributed by atoms with Gasteiger partial charge in [-0.25, -0.2) is 8.42 Å². The quantitative estimate of drug-likeness (QED) is 0.747. The van der Waals surface area contributed by atoms with Crippen LogP contribution in [0.15, 0.2) is 23.1 Å². The lowest BCUT2D eigenvalue weighted by molar-refractivity contribution is -0.138. The first-order valence-electron chi connectivity index (χ1n) is 8.86. The van der Waals surface area contributed by atoms with Crippen molar-refractivity contribution in [3.63, 3.8) is 0 Å². The zero-order chi connectivity index (χ0) is 19.3. The second-order valence-corrected chi connectivity index (χ2v) is 8.52. The molecule has 0 spiro atoms. The Hall–Kier alpha value is -1.93. The van der Waals surface area contributed by atoms with Gasteiger partial charge in [0, 0.05) is 26.2 Å². The summed E-state index contributed by atoms with van der Waals surface area (Å²) in [5.74, 6) is -1.40. The number of hydrogen-bond donors (Lipinski definition) is 2. The summed E-state index contributed by atoms with van der Waals surface area (Å²) in [6.45, 7) is 4.41. The zero-order valence-corrected chi connectivity index (χ0v) is 16.4. The molecule has 1 atom stereocenters. The molecule has 1 heterocycles. The standard InChI is InChI=1S/C18H27N3O4S/c1-13-7-8-14(2)16(12-13)26(24,25)21-11-5-4-6-15(21)9-10-20-18(23)17(22)19-3/h7-8,12,15H,4-6,9-11H2,1-3H3,(H,19,22)(H,20,23)/t15-/m1/s1. The van der Waals surface area contributed by atoms with Crippen molar-refractivity contribution >= 4 is 21.8 Å². The Bertz CT molecular complexity index is 777. The van der Waals surface area contributed by atoms with Gasteiger partial charge in [0.05, 0.1) is 4.90 Å².